The van der Waals surface area contributed by atoms with Gasteiger partial charge < -0.3 is 15.1 Å². The van der Waals surface area contributed by atoms with Gasteiger partial charge in [0.25, 0.3) is 11.8 Å². The van der Waals surface area contributed by atoms with Gasteiger partial charge in [-0.15, -0.1) is 0 Å². The van der Waals surface area contributed by atoms with Crippen LogP contribution in [0.3, 0.4) is 0 Å². The molecule has 4 rings (SSSR count). The molecule has 0 spiro atoms. The number of aliphatic imine (C=N–C) groups is 1. The Morgan fingerprint density at radius 3 is 2.28 bits per heavy atom. The molecular weight excluding hydrogens is 467 g/mol. The monoisotopic (exact) mass is 489 g/mol. The number of hydrogen-bond acceptors (Lipinski definition) is 5. The zero-order chi connectivity index (χ0) is 24.0. The minimum absolute atomic E-state index is 0.0580. The molecule has 1 unspecified atom stereocenters. The van der Waals surface area contributed by atoms with Crippen molar-refractivity contribution in [2.75, 3.05) is 6.54 Å². The third-order valence-electron chi connectivity index (χ3n) is 4.79. The van der Waals surface area contributed by atoms with E-state index in [-0.39, 0.29) is 29.8 Å². The van der Waals surface area contributed by atoms with Crippen LogP contribution in [-0.4, -0.2) is 41.3 Å². The van der Waals surface area contributed by atoms with Gasteiger partial charge in [0.05, 0.1) is 18.6 Å². The molecule has 3 heterocycles. The van der Waals surface area contributed by atoms with Gasteiger partial charge in [0.2, 0.25) is 5.84 Å². The predicted octanol–water partition coefficient (Wildman–Crippen LogP) is 3.10. The molecule has 1 saturated carbocycles. The summed E-state index contributed by atoms with van der Waals surface area (Å²) in [4.78, 5) is 34.2. The molecule has 180 valence electrons. The van der Waals surface area contributed by atoms with Crippen molar-refractivity contribution in [1.82, 2.24) is 15.6 Å². The Labute approximate surface area is 178 Å². The minimum atomic E-state index is -10.7. The number of quaternary nitrogens is 1. The number of halogens is 6. The van der Waals surface area contributed by atoms with Crippen LogP contribution in [0.2, 0.25) is 0 Å². The van der Waals surface area contributed by atoms with Crippen LogP contribution in [0.15, 0.2) is 27.7 Å². The number of nitrogens with zero attached hydrogens (tertiary/aromatic N) is 2. The number of oxazole rings is 1. The summed E-state index contributed by atoms with van der Waals surface area (Å²) in [6.07, 6.45) is 5.97. The van der Waals surface area contributed by atoms with Crippen LogP contribution in [0.25, 0.3) is 0 Å². The van der Waals surface area contributed by atoms with E-state index in [1.807, 2.05) is 20.0 Å². The molecule has 8 nitrogen and oxygen atoms in total. The quantitative estimate of drug-likeness (QED) is 0.437. The van der Waals surface area contributed by atoms with Crippen LogP contribution in [0.1, 0.15) is 55.3 Å². The first-order valence-corrected chi connectivity index (χ1v) is 11.8. The molecule has 0 bridgehead atoms. The fourth-order valence-electron chi connectivity index (χ4n) is 3.32. The number of carbonyl (C=O) groups excluding carboxylic acids is 2. The van der Waals surface area contributed by atoms with E-state index < -0.39 is 7.81 Å². The van der Waals surface area contributed by atoms with Crippen LogP contribution in [0, 0.1) is 0 Å². The van der Waals surface area contributed by atoms with Crippen molar-refractivity contribution in [3.8, 4) is 0 Å². The van der Waals surface area contributed by atoms with Crippen LogP contribution >= 0.6 is 7.81 Å². The molecule has 2 fully saturated rings. The van der Waals surface area contributed by atoms with Crippen molar-refractivity contribution in [1.29, 1.82) is 0 Å². The summed E-state index contributed by atoms with van der Waals surface area (Å²) in [5.74, 6) is 1.29. The van der Waals surface area contributed by atoms with Crippen molar-refractivity contribution in [2.45, 2.75) is 51.1 Å². The standard InChI is InChI=1S/C17H21N5O3.F6P/c1-9(2)15-14(18-8-25-15)17(24)21-11-6-10(11)20-16(23)12-7-22-5-3-4-13(22)19-12;1-7(2,3,4,5)6/h7-11H,3-6H2,1-2H3,(H,20,23)(H,21,24);/q;-1/p+1/t10-,11-;/m1./s1. The summed E-state index contributed by atoms with van der Waals surface area (Å²) in [7, 11) is -10.7. The van der Waals surface area contributed by atoms with Crippen LogP contribution in [0.4, 0.5) is 25.2 Å². The third kappa shape index (κ3) is 7.30. The van der Waals surface area contributed by atoms with Gasteiger partial charge in [-0.1, -0.05) is 13.8 Å². The Balaban J connectivity index is 0.000000360. The molecule has 2 aliphatic heterocycles. The number of nitrogens with one attached hydrogen (secondary N) is 3. The Morgan fingerprint density at radius 2 is 1.72 bits per heavy atom. The number of fused-ring (bicyclic) bond motifs is 1. The van der Waals surface area contributed by atoms with Crippen molar-refractivity contribution < 1.29 is 44.1 Å². The number of aromatic nitrogens is 1. The molecule has 1 saturated heterocycles. The summed E-state index contributed by atoms with van der Waals surface area (Å²) >= 11 is 0. The van der Waals surface area contributed by atoms with Gasteiger partial charge in [0.15, 0.2) is 17.8 Å². The summed E-state index contributed by atoms with van der Waals surface area (Å²) < 4.78 is 64.5. The average molecular weight is 489 g/mol. The predicted molar refractivity (Wildman–Crippen MR) is 103 cm³/mol. The van der Waals surface area contributed by atoms with Crippen LogP contribution < -0.4 is 15.5 Å². The first-order valence-electron chi connectivity index (χ1n) is 9.75. The molecule has 1 aromatic heterocycles. The van der Waals surface area contributed by atoms with Crippen molar-refractivity contribution in [3.05, 3.63) is 29.7 Å². The van der Waals surface area contributed by atoms with E-state index in [1.165, 1.54) is 11.3 Å². The molecule has 15 heteroatoms. The fourth-order valence-corrected chi connectivity index (χ4v) is 3.32. The maximum absolute atomic E-state index is 12.3. The zero-order valence-corrected chi connectivity index (χ0v) is 17.9. The van der Waals surface area contributed by atoms with Crippen LogP contribution in [-0.2, 0) is 4.79 Å². The van der Waals surface area contributed by atoms with E-state index in [0.717, 1.165) is 25.2 Å². The van der Waals surface area contributed by atoms with Crippen molar-refractivity contribution >= 4 is 25.5 Å². The normalized spacial score (nSPS) is 26.1. The van der Waals surface area contributed by atoms with Gasteiger partial charge in [-0.3, -0.25) is 14.5 Å². The number of amidine groups is 1. The zero-order valence-electron chi connectivity index (χ0n) is 17.0. The van der Waals surface area contributed by atoms with E-state index in [4.69, 9.17) is 4.42 Å². The number of rotatable bonds is 5. The van der Waals surface area contributed by atoms with E-state index in [1.54, 1.807) is 0 Å². The number of amides is 2. The molecule has 1 aliphatic carbocycles. The first kappa shape index (κ1) is 24.2. The Kier molecular flexibility index (Phi) is 5.70. The van der Waals surface area contributed by atoms with Crippen LogP contribution in [0.5, 0.6) is 0 Å². The molecular formula is C17H22F6N5O3P. The van der Waals surface area contributed by atoms with E-state index in [9.17, 15) is 34.8 Å². The van der Waals surface area contributed by atoms with E-state index >= 15 is 0 Å². The summed E-state index contributed by atoms with van der Waals surface area (Å²) in [5, 5.41) is 5.84. The molecule has 32 heavy (non-hydrogen) atoms. The molecule has 0 radical (unpaired) electrons. The maximum atomic E-state index is 12.3. The molecule has 3 atom stereocenters. The number of carbonyl (C=O) groups is 2. The Morgan fingerprint density at radius 1 is 1.12 bits per heavy atom. The van der Waals surface area contributed by atoms with Crippen molar-refractivity contribution in [3.63, 3.8) is 0 Å². The molecule has 0 aromatic carbocycles. The molecule has 3 aliphatic rings. The van der Waals surface area contributed by atoms with Gasteiger partial charge in [-0.05, 0) is 6.42 Å². The third-order valence-corrected chi connectivity index (χ3v) is 4.79. The SMILES string of the molecule is CC(C)c1ocnc1C(=O)N[C@@H]1C[C@H]1NC(=O)C1=C[NH+]2CCCC2=N1.F[P-](F)(F)(F)(F)F. The Bertz CT molecular complexity index is 977. The van der Waals surface area contributed by atoms with Gasteiger partial charge >= 0.3 is 33.0 Å². The second-order valence-corrected chi connectivity index (χ2v) is 9.96. The molecule has 2 amide bonds. The van der Waals surface area contributed by atoms with Crippen molar-refractivity contribution in [2.24, 2.45) is 4.99 Å². The van der Waals surface area contributed by atoms with Gasteiger partial charge in [-0.25, -0.2) is 4.98 Å². The van der Waals surface area contributed by atoms with Gasteiger partial charge in [0, 0.05) is 18.8 Å². The topological polar surface area (TPSA) is 101 Å². The Hall–Kier alpha value is -2.47. The average Bonchev–Trinajstić information content (AvgIpc) is 3.04. The second kappa shape index (κ2) is 7.55. The fraction of sp³-hybridized carbons (Fsp3) is 0.529. The second-order valence-electron chi connectivity index (χ2n) is 8.04. The van der Waals surface area contributed by atoms with Gasteiger partial charge in [0.1, 0.15) is 12.0 Å². The molecule has 3 N–H and O–H groups in total. The van der Waals surface area contributed by atoms with Gasteiger partial charge in [-0.2, -0.15) is 4.99 Å². The van der Waals surface area contributed by atoms with E-state index in [0.29, 0.717) is 23.6 Å². The summed E-state index contributed by atoms with van der Waals surface area (Å²) in [5.41, 5.74) is 0.807. The van der Waals surface area contributed by atoms with E-state index in [2.05, 4.69) is 20.6 Å². The number of hydrogen-bond donors (Lipinski definition) is 3. The first-order chi connectivity index (χ1) is 14.5. The summed E-state index contributed by atoms with van der Waals surface area (Å²) in [6, 6.07) is -0.132. The molecule has 1 aromatic rings. The summed E-state index contributed by atoms with van der Waals surface area (Å²) in [6.45, 7) is 4.90.